The summed E-state index contributed by atoms with van der Waals surface area (Å²) >= 11 is 12.6. The van der Waals surface area contributed by atoms with E-state index in [0.717, 1.165) is 36.8 Å². The smallest absolute Gasteiger partial charge is 0.234 e. The number of halogens is 2. The Hall–Kier alpha value is -3.25. The average molecular weight is 563 g/mol. The van der Waals surface area contributed by atoms with Gasteiger partial charge in [0, 0.05) is 18.7 Å². The zero-order chi connectivity index (χ0) is 26.9. The monoisotopic (exact) mass is 561 g/mol. The van der Waals surface area contributed by atoms with Gasteiger partial charge in [-0.15, -0.1) is 0 Å². The molecule has 1 saturated carbocycles. The predicted octanol–water partition coefficient (Wildman–Crippen LogP) is 6.47. The molecule has 0 amide bonds. The molecule has 39 heavy (non-hydrogen) atoms. The third kappa shape index (κ3) is 5.31. The van der Waals surface area contributed by atoms with E-state index in [9.17, 15) is 5.26 Å². The van der Waals surface area contributed by atoms with Crippen LogP contribution in [-0.4, -0.2) is 44.3 Å². The molecule has 0 N–H and O–H groups in total. The molecule has 200 valence electrons. The number of morpholine rings is 1. The van der Waals surface area contributed by atoms with Crippen LogP contribution in [0, 0.1) is 23.2 Å². The van der Waals surface area contributed by atoms with Gasteiger partial charge in [-0.05, 0) is 42.4 Å². The first kappa shape index (κ1) is 26.0. The number of hydrogen-bond acceptors (Lipinski definition) is 7. The summed E-state index contributed by atoms with van der Waals surface area (Å²) in [5.41, 5.74) is 3.68. The summed E-state index contributed by atoms with van der Waals surface area (Å²) in [6, 6.07) is 15.9. The zero-order valence-corrected chi connectivity index (χ0v) is 23.2. The highest BCUT2D eigenvalue weighted by Crippen LogP contribution is 2.38. The van der Waals surface area contributed by atoms with E-state index in [4.69, 9.17) is 32.9 Å². The van der Waals surface area contributed by atoms with Gasteiger partial charge in [0.25, 0.3) is 0 Å². The van der Waals surface area contributed by atoms with E-state index in [1.807, 2.05) is 18.2 Å². The Morgan fingerprint density at radius 3 is 2.46 bits per heavy atom. The fourth-order valence-electron chi connectivity index (χ4n) is 5.83. The van der Waals surface area contributed by atoms with Crippen LogP contribution in [-0.2, 0) is 11.3 Å². The average Bonchev–Trinajstić information content (AvgIpc) is 3.31. The second-order valence-corrected chi connectivity index (χ2v) is 11.3. The molecule has 0 bridgehead atoms. The summed E-state index contributed by atoms with van der Waals surface area (Å²) in [5.74, 6) is 2.12. The van der Waals surface area contributed by atoms with Gasteiger partial charge in [-0.25, -0.2) is 9.97 Å². The minimum Gasteiger partial charge on any atom is -0.377 e. The summed E-state index contributed by atoms with van der Waals surface area (Å²) in [6.45, 7) is 4.97. The summed E-state index contributed by atoms with van der Waals surface area (Å²) in [5, 5.41) is 10.3. The highest BCUT2D eigenvalue weighted by atomic mass is 35.5. The van der Waals surface area contributed by atoms with Crippen LogP contribution in [0.5, 0.6) is 0 Å². The van der Waals surface area contributed by atoms with E-state index in [-0.39, 0.29) is 22.2 Å². The van der Waals surface area contributed by atoms with Crippen LogP contribution < -0.4 is 4.90 Å². The van der Waals surface area contributed by atoms with Crippen molar-refractivity contribution in [3.8, 4) is 17.3 Å². The van der Waals surface area contributed by atoms with Crippen LogP contribution in [0.1, 0.15) is 50.0 Å². The lowest BCUT2D eigenvalue weighted by molar-refractivity contribution is 0.0927. The highest BCUT2D eigenvalue weighted by Gasteiger charge is 2.32. The molecule has 0 radical (unpaired) electrons. The van der Waals surface area contributed by atoms with E-state index in [0.29, 0.717) is 42.6 Å². The Labute approximate surface area is 237 Å². The van der Waals surface area contributed by atoms with Crippen LogP contribution in [0.2, 0.25) is 10.3 Å². The van der Waals surface area contributed by atoms with E-state index in [1.54, 1.807) is 12.1 Å². The summed E-state index contributed by atoms with van der Waals surface area (Å²) < 4.78 is 8.19. The molecule has 1 atom stereocenters. The van der Waals surface area contributed by atoms with Crippen LogP contribution in [0.15, 0.2) is 42.5 Å². The minimum atomic E-state index is -0.00134. The number of benzene rings is 1. The normalized spacial score (nSPS) is 21.7. The van der Waals surface area contributed by atoms with Crippen LogP contribution in [0.3, 0.4) is 0 Å². The Kier molecular flexibility index (Phi) is 7.39. The first-order chi connectivity index (χ1) is 19.0. The van der Waals surface area contributed by atoms with Crippen molar-refractivity contribution < 1.29 is 4.74 Å². The van der Waals surface area contributed by atoms with Gasteiger partial charge in [-0.2, -0.15) is 15.2 Å². The molecule has 0 unspecified atom stereocenters. The maximum atomic E-state index is 9.78. The molecule has 4 aromatic rings. The molecular weight excluding hydrogens is 533 g/mol. The van der Waals surface area contributed by atoms with Gasteiger partial charge in [0.15, 0.2) is 5.65 Å². The van der Waals surface area contributed by atoms with Gasteiger partial charge in [-0.1, -0.05) is 73.3 Å². The number of imidazole rings is 1. The second kappa shape index (κ2) is 11.1. The lowest BCUT2D eigenvalue weighted by Gasteiger charge is -2.37. The molecule has 4 heterocycles. The lowest BCUT2D eigenvalue weighted by atomic mass is 9.83. The van der Waals surface area contributed by atoms with Crippen molar-refractivity contribution in [2.24, 2.45) is 11.8 Å². The topological polar surface area (TPSA) is 92.8 Å². The van der Waals surface area contributed by atoms with Gasteiger partial charge < -0.3 is 14.2 Å². The number of rotatable bonds is 5. The molecule has 2 fully saturated rings. The molecule has 1 aliphatic heterocycles. The van der Waals surface area contributed by atoms with Crippen molar-refractivity contribution in [2.45, 2.75) is 45.2 Å². The zero-order valence-electron chi connectivity index (χ0n) is 21.7. The number of pyridine rings is 1. The van der Waals surface area contributed by atoms with E-state index < -0.39 is 0 Å². The van der Waals surface area contributed by atoms with Crippen molar-refractivity contribution in [3.05, 3.63) is 64.2 Å². The quantitative estimate of drug-likeness (QED) is 0.258. The Bertz CT molecular complexity index is 1510. The number of anilines is 1. The molecule has 2 aliphatic rings. The number of nitrogens with zero attached hydrogens (tertiary/aromatic N) is 7. The molecule has 1 saturated heterocycles. The third-order valence-corrected chi connectivity index (χ3v) is 8.25. The number of fused-ring (bicyclic) bond motifs is 1. The Morgan fingerprint density at radius 1 is 1.00 bits per heavy atom. The fourth-order valence-corrected chi connectivity index (χ4v) is 6.29. The van der Waals surface area contributed by atoms with Gasteiger partial charge in [0.05, 0.1) is 19.3 Å². The largest absolute Gasteiger partial charge is 0.377 e. The number of hydrogen-bond donors (Lipinski definition) is 0. The first-order valence-electron chi connectivity index (χ1n) is 13.4. The Morgan fingerprint density at radius 2 is 1.74 bits per heavy atom. The molecular formula is C29H29Cl2N7O. The summed E-state index contributed by atoms with van der Waals surface area (Å²) in [4.78, 5) is 20.7. The third-order valence-electron chi connectivity index (χ3n) is 7.87. The minimum absolute atomic E-state index is 0.00134. The molecule has 3 aromatic heterocycles. The van der Waals surface area contributed by atoms with Crippen molar-refractivity contribution >= 4 is 40.3 Å². The van der Waals surface area contributed by atoms with E-state index in [1.165, 1.54) is 18.4 Å². The molecule has 6 rings (SSSR count). The predicted molar refractivity (Wildman–Crippen MR) is 152 cm³/mol. The van der Waals surface area contributed by atoms with E-state index >= 15 is 0 Å². The standard InChI is InChI=1S/C29H29Cl2N7O/c1-18-7-9-19(10-8-18)16-38-27-26(21-13-23(30)33-24(31)14-21)34-25(15-32)35-28(27)36-29(38)37-11-12-39-17-22(37)20-5-3-2-4-6-20/h2-6,13-14,18-19,22H,7-12,16-17H2,1H3/t18-,19-,22-/m0/s1. The fraction of sp³-hybridized carbons (Fsp3) is 0.414. The summed E-state index contributed by atoms with van der Waals surface area (Å²) in [7, 11) is 0. The maximum Gasteiger partial charge on any atom is 0.234 e. The second-order valence-electron chi connectivity index (χ2n) is 10.5. The Balaban J connectivity index is 1.56. The van der Waals surface area contributed by atoms with Crippen LogP contribution >= 0.6 is 23.2 Å². The van der Waals surface area contributed by atoms with Crippen molar-refractivity contribution in [3.63, 3.8) is 0 Å². The van der Waals surface area contributed by atoms with Gasteiger partial charge in [0.1, 0.15) is 27.6 Å². The molecule has 1 aliphatic carbocycles. The number of ether oxygens (including phenoxy) is 1. The van der Waals surface area contributed by atoms with Gasteiger partial charge >= 0.3 is 0 Å². The maximum absolute atomic E-state index is 9.78. The number of aromatic nitrogens is 5. The SMILES string of the molecule is C[C@H]1CC[C@H](Cn2c(N3CCOC[C@H]3c3ccccc3)nc3nc(C#N)nc(-c4cc(Cl)nc(Cl)c4)c32)CC1. The molecule has 0 spiro atoms. The summed E-state index contributed by atoms with van der Waals surface area (Å²) in [6.07, 6.45) is 4.75. The van der Waals surface area contributed by atoms with E-state index in [2.05, 4.69) is 49.5 Å². The van der Waals surface area contributed by atoms with Crippen molar-refractivity contribution in [1.29, 1.82) is 5.26 Å². The van der Waals surface area contributed by atoms with Crippen molar-refractivity contribution in [1.82, 2.24) is 24.5 Å². The lowest BCUT2D eigenvalue weighted by Crippen LogP contribution is -2.41. The highest BCUT2D eigenvalue weighted by molar-refractivity contribution is 6.32. The van der Waals surface area contributed by atoms with Crippen LogP contribution in [0.25, 0.3) is 22.4 Å². The molecule has 10 heteroatoms. The molecule has 1 aromatic carbocycles. The van der Waals surface area contributed by atoms with Gasteiger partial charge in [0.2, 0.25) is 11.8 Å². The first-order valence-corrected chi connectivity index (χ1v) is 14.2. The van der Waals surface area contributed by atoms with Crippen molar-refractivity contribution in [2.75, 3.05) is 24.7 Å². The molecule has 8 nitrogen and oxygen atoms in total. The van der Waals surface area contributed by atoms with Crippen LogP contribution in [0.4, 0.5) is 5.95 Å². The van der Waals surface area contributed by atoms with Gasteiger partial charge in [-0.3, -0.25) is 0 Å². The number of nitriles is 1.